The van der Waals surface area contributed by atoms with E-state index in [1.165, 1.54) is 5.56 Å². The first-order valence-electron chi connectivity index (χ1n) is 6.65. The first kappa shape index (κ1) is 12.7. The molecule has 0 saturated heterocycles. The third-order valence-corrected chi connectivity index (χ3v) is 4.68. The highest BCUT2D eigenvalue weighted by Gasteiger charge is 2.18. The summed E-state index contributed by atoms with van der Waals surface area (Å²) in [5.74, 6) is 0. The lowest BCUT2D eigenvalue weighted by Crippen LogP contribution is -2.31. The van der Waals surface area contributed by atoms with E-state index in [9.17, 15) is 0 Å². The molecule has 3 aromatic rings. The van der Waals surface area contributed by atoms with Crippen LogP contribution in [0.2, 0.25) is 5.02 Å². The van der Waals surface area contributed by atoms with Gasteiger partial charge in [0.1, 0.15) is 0 Å². The minimum absolute atomic E-state index is 0.719. The van der Waals surface area contributed by atoms with Crippen molar-refractivity contribution in [2.24, 2.45) is 0 Å². The van der Waals surface area contributed by atoms with Gasteiger partial charge in [-0.15, -0.1) is 0 Å². The first-order valence-corrected chi connectivity index (χ1v) is 7.85. The van der Waals surface area contributed by atoms with Gasteiger partial charge in [0.05, 0.1) is 22.5 Å². The van der Waals surface area contributed by atoms with Gasteiger partial charge in [0.2, 0.25) is 5.13 Å². The van der Waals surface area contributed by atoms with E-state index in [2.05, 4.69) is 33.6 Å². The van der Waals surface area contributed by atoms with E-state index in [1.807, 2.05) is 36.4 Å². The molecular weight excluding hydrogens is 302 g/mol. The second-order valence-electron chi connectivity index (χ2n) is 4.81. The van der Waals surface area contributed by atoms with E-state index in [0.717, 1.165) is 32.6 Å². The fourth-order valence-corrected chi connectivity index (χ4v) is 3.43. The van der Waals surface area contributed by atoms with Gasteiger partial charge in [-0.25, -0.2) is 4.98 Å². The number of rotatable bonds is 2. The molecule has 0 fully saturated rings. The fourth-order valence-electron chi connectivity index (χ4n) is 2.35. The zero-order valence-electron chi connectivity index (χ0n) is 11.1. The average molecular weight is 314 g/mol. The molecule has 0 radical (unpaired) electrons. The molecule has 1 aliphatic rings. The van der Waals surface area contributed by atoms with E-state index >= 15 is 0 Å². The minimum atomic E-state index is 0.719. The molecule has 0 unspecified atom stereocenters. The molecule has 2 heterocycles. The lowest BCUT2D eigenvalue weighted by Gasteiger charge is -2.16. The molecule has 104 valence electrons. The maximum atomic E-state index is 6.02. The molecule has 21 heavy (non-hydrogen) atoms. The molecule has 5 heteroatoms. The standard InChI is InChI=1S/C16H12ClN3S/c17-12-6-7-15-14(10-12)18-16(21-15)20-9-8-13(19-20)11-4-2-1-3-5-11/h1-8,10,19H,9H2. The predicted octanol–water partition coefficient (Wildman–Crippen LogP) is 4.32. The number of nitrogens with zero attached hydrogens (tertiary/aromatic N) is 2. The van der Waals surface area contributed by atoms with E-state index < -0.39 is 0 Å². The van der Waals surface area contributed by atoms with Crippen LogP contribution in [0.15, 0.2) is 54.6 Å². The van der Waals surface area contributed by atoms with Crippen molar-refractivity contribution in [3.05, 3.63) is 65.2 Å². The molecule has 1 aliphatic heterocycles. The summed E-state index contributed by atoms with van der Waals surface area (Å²) in [7, 11) is 0. The normalized spacial score (nSPS) is 14.3. The molecule has 0 aliphatic carbocycles. The first-order chi connectivity index (χ1) is 10.3. The number of thiazole rings is 1. The molecule has 1 N–H and O–H groups in total. The van der Waals surface area contributed by atoms with Crippen LogP contribution in [0.1, 0.15) is 5.56 Å². The highest BCUT2D eigenvalue weighted by molar-refractivity contribution is 7.22. The van der Waals surface area contributed by atoms with Crippen LogP contribution in [0.25, 0.3) is 15.9 Å². The summed E-state index contributed by atoms with van der Waals surface area (Å²) in [6, 6.07) is 16.1. The molecule has 0 atom stereocenters. The van der Waals surface area contributed by atoms with E-state index in [-0.39, 0.29) is 0 Å². The van der Waals surface area contributed by atoms with Crippen LogP contribution in [0.3, 0.4) is 0 Å². The summed E-state index contributed by atoms with van der Waals surface area (Å²) in [6.45, 7) is 0.803. The Kier molecular flexibility index (Phi) is 3.05. The summed E-state index contributed by atoms with van der Waals surface area (Å²) >= 11 is 7.68. The topological polar surface area (TPSA) is 28.2 Å². The van der Waals surface area contributed by atoms with Crippen LogP contribution in [-0.4, -0.2) is 11.5 Å². The summed E-state index contributed by atoms with van der Waals surface area (Å²) < 4.78 is 1.14. The average Bonchev–Trinajstić information content (AvgIpc) is 3.14. The lowest BCUT2D eigenvalue weighted by molar-refractivity contribution is 0.847. The number of anilines is 1. The van der Waals surface area contributed by atoms with E-state index in [1.54, 1.807) is 11.3 Å². The summed E-state index contributed by atoms with van der Waals surface area (Å²) in [5, 5.41) is 3.73. The van der Waals surface area contributed by atoms with Gasteiger partial charge in [-0.05, 0) is 29.8 Å². The highest BCUT2D eigenvalue weighted by Crippen LogP contribution is 2.31. The maximum absolute atomic E-state index is 6.02. The number of nitrogens with one attached hydrogen (secondary N) is 1. The Morgan fingerprint density at radius 1 is 1.14 bits per heavy atom. The quantitative estimate of drug-likeness (QED) is 0.764. The monoisotopic (exact) mass is 313 g/mol. The van der Waals surface area contributed by atoms with Crippen molar-refractivity contribution >= 4 is 44.0 Å². The molecule has 0 spiro atoms. The van der Waals surface area contributed by atoms with Crippen molar-refractivity contribution in [2.75, 3.05) is 11.6 Å². The number of fused-ring (bicyclic) bond motifs is 1. The highest BCUT2D eigenvalue weighted by atomic mass is 35.5. The van der Waals surface area contributed by atoms with Crippen LogP contribution < -0.4 is 10.4 Å². The van der Waals surface area contributed by atoms with Crippen molar-refractivity contribution in [1.82, 2.24) is 10.4 Å². The van der Waals surface area contributed by atoms with Crippen molar-refractivity contribution in [3.8, 4) is 0 Å². The number of hydrazine groups is 1. The van der Waals surface area contributed by atoms with E-state index in [0.29, 0.717) is 0 Å². The van der Waals surface area contributed by atoms with Gasteiger partial charge in [0.25, 0.3) is 0 Å². The molecule has 3 nitrogen and oxygen atoms in total. The maximum Gasteiger partial charge on any atom is 0.205 e. The second-order valence-corrected chi connectivity index (χ2v) is 6.26. The number of halogens is 1. The number of hydrogen-bond donors (Lipinski definition) is 1. The fraction of sp³-hybridized carbons (Fsp3) is 0.0625. The summed E-state index contributed by atoms with van der Waals surface area (Å²) in [6.07, 6.45) is 2.17. The van der Waals surface area contributed by atoms with Gasteiger partial charge in [0.15, 0.2) is 0 Å². The Hall–Kier alpha value is -2.04. The smallest absolute Gasteiger partial charge is 0.205 e. The Labute approximate surface area is 131 Å². The molecule has 1 aromatic heterocycles. The second kappa shape index (κ2) is 5.06. The number of hydrogen-bond acceptors (Lipinski definition) is 4. The van der Waals surface area contributed by atoms with E-state index in [4.69, 9.17) is 11.6 Å². The molecule has 0 bridgehead atoms. The summed E-state index contributed by atoms with van der Waals surface area (Å²) in [5.41, 5.74) is 6.65. The number of aromatic nitrogens is 1. The van der Waals surface area contributed by atoms with Crippen LogP contribution in [0.4, 0.5) is 5.13 Å². The van der Waals surface area contributed by atoms with Gasteiger partial charge < -0.3 is 0 Å². The zero-order chi connectivity index (χ0) is 14.2. The van der Waals surface area contributed by atoms with Crippen LogP contribution in [0, 0.1) is 0 Å². The number of benzene rings is 2. The van der Waals surface area contributed by atoms with Crippen molar-refractivity contribution in [2.45, 2.75) is 0 Å². The van der Waals surface area contributed by atoms with Gasteiger partial charge in [0, 0.05) is 5.02 Å². The Balaban J connectivity index is 1.61. The Morgan fingerprint density at radius 2 is 2.00 bits per heavy atom. The molecule has 0 amide bonds. The molecule has 4 rings (SSSR count). The van der Waals surface area contributed by atoms with Crippen LogP contribution in [-0.2, 0) is 0 Å². The summed E-state index contributed by atoms with van der Waals surface area (Å²) in [4.78, 5) is 4.65. The largest absolute Gasteiger partial charge is 0.296 e. The van der Waals surface area contributed by atoms with Gasteiger partial charge >= 0.3 is 0 Å². The van der Waals surface area contributed by atoms with Crippen molar-refractivity contribution in [1.29, 1.82) is 0 Å². The van der Waals surface area contributed by atoms with Crippen molar-refractivity contribution < 1.29 is 0 Å². The predicted molar refractivity (Wildman–Crippen MR) is 89.5 cm³/mol. The third-order valence-electron chi connectivity index (χ3n) is 3.39. The lowest BCUT2D eigenvalue weighted by atomic mass is 10.2. The van der Waals surface area contributed by atoms with Gasteiger partial charge in [-0.2, -0.15) is 0 Å². The van der Waals surface area contributed by atoms with Crippen LogP contribution in [0.5, 0.6) is 0 Å². The SMILES string of the molecule is Clc1ccc2sc(N3CC=C(c4ccccc4)N3)nc2c1. The zero-order valence-corrected chi connectivity index (χ0v) is 12.7. The Morgan fingerprint density at radius 3 is 2.86 bits per heavy atom. The van der Waals surface area contributed by atoms with Gasteiger partial charge in [-0.1, -0.05) is 53.3 Å². The van der Waals surface area contributed by atoms with Crippen molar-refractivity contribution in [3.63, 3.8) is 0 Å². The third kappa shape index (κ3) is 2.37. The van der Waals surface area contributed by atoms with Gasteiger partial charge in [-0.3, -0.25) is 10.4 Å². The Bertz CT molecular complexity index is 826. The molecule has 2 aromatic carbocycles. The molecule has 0 saturated carbocycles. The minimum Gasteiger partial charge on any atom is -0.296 e. The van der Waals surface area contributed by atoms with Crippen LogP contribution >= 0.6 is 22.9 Å². The molecular formula is C16H12ClN3S.